The van der Waals surface area contributed by atoms with Crippen LogP contribution in [0.15, 0.2) is 29.2 Å². The van der Waals surface area contributed by atoms with Crippen LogP contribution in [-0.4, -0.2) is 60.9 Å². The number of ether oxygens (including phenoxy) is 1. The van der Waals surface area contributed by atoms with E-state index in [1.807, 2.05) is 18.7 Å². The third-order valence-electron chi connectivity index (χ3n) is 6.21. The molecule has 6 nitrogen and oxygen atoms in total. The van der Waals surface area contributed by atoms with Crippen LogP contribution in [0.3, 0.4) is 0 Å². The summed E-state index contributed by atoms with van der Waals surface area (Å²) >= 11 is 0. The van der Waals surface area contributed by atoms with Gasteiger partial charge in [-0.25, -0.2) is 8.42 Å². The molecule has 3 rings (SSSR count). The van der Waals surface area contributed by atoms with E-state index in [0.717, 1.165) is 19.3 Å². The first-order chi connectivity index (χ1) is 13.6. The van der Waals surface area contributed by atoms with Crippen LogP contribution in [-0.2, 0) is 14.8 Å². The predicted octanol–water partition coefficient (Wildman–Crippen LogP) is 3.52. The molecule has 2 aliphatic rings. The second-order valence-electron chi connectivity index (χ2n) is 8.67. The largest absolute Gasteiger partial charge is 0.373 e. The normalized spacial score (nSPS) is 25.4. The number of amides is 1. The number of carbonyl (C=O) groups excluding carboxylic acids is 1. The topological polar surface area (TPSA) is 66.9 Å². The maximum absolute atomic E-state index is 13.2. The number of hydrogen-bond donors (Lipinski definition) is 0. The van der Waals surface area contributed by atoms with Gasteiger partial charge in [0.25, 0.3) is 5.91 Å². The quantitative estimate of drug-likeness (QED) is 0.674. The molecule has 1 aromatic carbocycles. The van der Waals surface area contributed by atoms with Crippen LogP contribution in [0.1, 0.15) is 64.2 Å². The molecule has 1 saturated heterocycles. The fourth-order valence-electron chi connectivity index (χ4n) is 4.05. The number of morpholine rings is 1. The standard InChI is InChI=1S/C22H34N2O4S/c1-6-15(2)18(5)24(20-9-10-20)22(25)19-7-11-21(12-8-19)29(26,27)23-13-16(3)28-17(4)14-23/h7-8,11-12,15-18,20H,6,9-10,13-14H2,1-5H3. The average Bonchev–Trinajstić information content (AvgIpc) is 3.51. The average molecular weight is 423 g/mol. The molecule has 0 bridgehead atoms. The van der Waals surface area contributed by atoms with Gasteiger partial charge in [-0.05, 0) is 63.8 Å². The zero-order valence-electron chi connectivity index (χ0n) is 18.2. The maximum Gasteiger partial charge on any atom is 0.254 e. The number of hydrogen-bond acceptors (Lipinski definition) is 4. The number of nitrogens with zero attached hydrogens (tertiary/aromatic N) is 2. The van der Waals surface area contributed by atoms with Crippen molar-refractivity contribution in [3.8, 4) is 0 Å². The molecule has 4 unspecified atom stereocenters. The Balaban J connectivity index is 1.79. The van der Waals surface area contributed by atoms with E-state index in [-0.39, 0.29) is 29.1 Å². The van der Waals surface area contributed by atoms with E-state index in [0.29, 0.717) is 30.6 Å². The molecule has 1 aliphatic heterocycles. The van der Waals surface area contributed by atoms with Crippen molar-refractivity contribution in [2.45, 2.75) is 83.1 Å². The molecule has 0 aromatic heterocycles. The Kier molecular flexibility index (Phi) is 6.70. The van der Waals surface area contributed by atoms with E-state index in [1.54, 1.807) is 24.3 Å². The monoisotopic (exact) mass is 422 g/mol. The Morgan fingerprint density at radius 1 is 1.14 bits per heavy atom. The molecule has 162 valence electrons. The lowest BCUT2D eigenvalue weighted by molar-refractivity contribution is -0.0440. The molecule has 4 atom stereocenters. The minimum absolute atomic E-state index is 0.00198. The minimum atomic E-state index is -3.60. The van der Waals surface area contributed by atoms with Crippen molar-refractivity contribution in [1.82, 2.24) is 9.21 Å². The van der Waals surface area contributed by atoms with Crippen LogP contribution < -0.4 is 0 Å². The van der Waals surface area contributed by atoms with Crippen LogP contribution in [0.4, 0.5) is 0 Å². The van der Waals surface area contributed by atoms with Gasteiger partial charge in [-0.2, -0.15) is 4.31 Å². The molecule has 1 heterocycles. The summed E-state index contributed by atoms with van der Waals surface area (Å²) < 4.78 is 33.2. The van der Waals surface area contributed by atoms with Crippen molar-refractivity contribution < 1.29 is 17.9 Å². The zero-order valence-corrected chi connectivity index (χ0v) is 19.0. The molecule has 0 N–H and O–H groups in total. The van der Waals surface area contributed by atoms with E-state index >= 15 is 0 Å². The van der Waals surface area contributed by atoms with Crippen molar-refractivity contribution >= 4 is 15.9 Å². The van der Waals surface area contributed by atoms with Crippen molar-refractivity contribution in [1.29, 1.82) is 0 Å². The summed E-state index contributed by atoms with van der Waals surface area (Å²) in [5.41, 5.74) is 0.551. The highest BCUT2D eigenvalue weighted by atomic mass is 32.2. The fourth-order valence-corrected chi connectivity index (χ4v) is 5.64. The van der Waals surface area contributed by atoms with E-state index < -0.39 is 10.0 Å². The number of benzene rings is 1. The van der Waals surface area contributed by atoms with E-state index in [1.165, 1.54) is 4.31 Å². The van der Waals surface area contributed by atoms with Crippen molar-refractivity contribution in [3.05, 3.63) is 29.8 Å². The van der Waals surface area contributed by atoms with Crippen LogP contribution >= 0.6 is 0 Å². The van der Waals surface area contributed by atoms with Gasteiger partial charge in [-0.3, -0.25) is 4.79 Å². The Labute approximate surface area is 175 Å². The molecular formula is C22H34N2O4S. The second-order valence-corrected chi connectivity index (χ2v) is 10.6. The summed E-state index contributed by atoms with van der Waals surface area (Å²) in [6.45, 7) is 10.9. The van der Waals surface area contributed by atoms with Gasteiger partial charge in [0.15, 0.2) is 0 Å². The van der Waals surface area contributed by atoms with Crippen molar-refractivity contribution in [2.24, 2.45) is 5.92 Å². The Bertz CT molecular complexity index is 810. The third kappa shape index (κ3) is 4.84. The van der Waals surface area contributed by atoms with Crippen molar-refractivity contribution in [2.75, 3.05) is 13.1 Å². The van der Waals surface area contributed by atoms with Gasteiger partial charge in [-0.15, -0.1) is 0 Å². The predicted molar refractivity (Wildman–Crippen MR) is 113 cm³/mol. The van der Waals surface area contributed by atoms with Gasteiger partial charge >= 0.3 is 0 Å². The summed E-state index contributed by atoms with van der Waals surface area (Å²) in [6.07, 6.45) is 2.84. The van der Waals surface area contributed by atoms with Crippen LogP contribution in [0.25, 0.3) is 0 Å². The van der Waals surface area contributed by atoms with Gasteiger partial charge < -0.3 is 9.64 Å². The first kappa shape index (κ1) is 22.2. The molecular weight excluding hydrogens is 388 g/mol. The van der Waals surface area contributed by atoms with Crippen molar-refractivity contribution in [3.63, 3.8) is 0 Å². The summed E-state index contributed by atoms with van der Waals surface area (Å²) in [5, 5.41) is 0. The molecule has 29 heavy (non-hydrogen) atoms. The summed E-state index contributed by atoms with van der Waals surface area (Å²) in [5.74, 6) is 0.419. The van der Waals surface area contributed by atoms with Crippen LogP contribution in [0.2, 0.25) is 0 Å². The van der Waals surface area contributed by atoms with Gasteiger partial charge in [0.1, 0.15) is 0 Å². The number of carbonyl (C=O) groups is 1. The molecule has 0 spiro atoms. The lowest BCUT2D eigenvalue weighted by atomic mass is 9.98. The summed E-state index contributed by atoms with van der Waals surface area (Å²) in [7, 11) is -3.60. The highest BCUT2D eigenvalue weighted by Gasteiger charge is 2.38. The van der Waals surface area contributed by atoms with Crippen LogP contribution in [0.5, 0.6) is 0 Å². The Hall–Kier alpha value is -1.44. The molecule has 1 saturated carbocycles. The summed E-state index contributed by atoms with van der Waals surface area (Å²) in [4.78, 5) is 15.4. The lowest BCUT2D eigenvalue weighted by Crippen LogP contribution is -2.48. The molecule has 0 radical (unpaired) electrons. The lowest BCUT2D eigenvalue weighted by Gasteiger charge is -2.34. The molecule has 1 aromatic rings. The van der Waals surface area contributed by atoms with Gasteiger partial charge in [0.05, 0.1) is 17.1 Å². The zero-order chi connectivity index (χ0) is 21.3. The van der Waals surface area contributed by atoms with Gasteiger partial charge in [-0.1, -0.05) is 20.3 Å². The fraction of sp³-hybridized carbons (Fsp3) is 0.682. The van der Waals surface area contributed by atoms with Gasteiger partial charge in [0.2, 0.25) is 10.0 Å². The molecule has 1 amide bonds. The van der Waals surface area contributed by atoms with E-state index in [2.05, 4.69) is 20.8 Å². The summed E-state index contributed by atoms with van der Waals surface area (Å²) in [6, 6.07) is 6.91. The second kappa shape index (κ2) is 8.74. The third-order valence-corrected chi connectivity index (χ3v) is 8.05. The van der Waals surface area contributed by atoms with E-state index in [9.17, 15) is 13.2 Å². The highest BCUT2D eigenvalue weighted by molar-refractivity contribution is 7.89. The van der Waals surface area contributed by atoms with Gasteiger partial charge in [0, 0.05) is 30.7 Å². The molecule has 1 aliphatic carbocycles. The molecule has 7 heteroatoms. The number of sulfonamides is 1. The first-order valence-corrected chi connectivity index (χ1v) is 12.2. The molecule has 2 fully saturated rings. The highest BCUT2D eigenvalue weighted by Crippen LogP contribution is 2.33. The van der Waals surface area contributed by atoms with Crippen LogP contribution in [0, 0.1) is 5.92 Å². The Morgan fingerprint density at radius 3 is 2.17 bits per heavy atom. The smallest absolute Gasteiger partial charge is 0.254 e. The number of rotatable bonds is 7. The maximum atomic E-state index is 13.2. The SMILES string of the molecule is CCC(C)C(C)N(C(=O)c1ccc(S(=O)(=O)N2CC(C)OC(C)C2)cc1)C1CC1. The minimum Gasteiger partial charge on any atom is -0.373 e. The first-order valence-electron chi connectivity index (χ1n) is 10.7. The van der Waals surface area contributed by atoms with E-state index in [4.69, 9.17) is 4.74 Å². The Morgan fingerprint density at radius 2 is 1.69 bits per heavy atom.